The van der Waals surface area contributed by atoms with Crippen molar-refractivity contribution in [2.75, 3.05) is 7.05 Å². The minimum atomic E-state index is -4.31. The van der Waals surface area contributed by atoms with Gasteiger partial charge in [0.1, 0.15) is 6.42 Å². The maximum Gasteiger partial charge on any atom is 0.396 e. The van der Waals surface area contributed by atoms with Crippen LogP contribution in [0.15, 0.2) is 4.52 Å². The van der Waals surface area contributed by atoms with E-state index in [1.54, 1.807) is 7.05 Å². The van der Waals surface area contributed by atoms with Crippen molar-refractivity contribution in [1.82, 2.24) is 15.5 Å². The van der Waals surface area contributed by atoms with Crippen LogP contribution in [0.5, 0.6) is 0 Å². The van der Waals surface area contributed by atoms with Crippen molar-refractivity contribution in [3.63, 3.8) is 0 Å². The summed E-state index contributed by atoms with van der Waals surface area (Å²) in [5.41, 5.74) is 0. The Labute approximate surface area is 97.6 Å². The highest BCUT2D eigenvalue weighted by Gasteiger charge is 2.31. The highest BCUT2D eigenvalue weighted by molar-refractivity contribution is 4.97. The predicted octanol–water partition coefficient (Wildman–Crippen LogP) is 2.28. The number of rotatable bonds is 5. The number of halogens is 3. The number of hydrogen-bond acceptors (Lipinski definition) is 4. The van der Waals surface area contributed by atoms with Crippen LogP contribution >= 0.6 is 0 Å². The molecule has 2 unspecified atom stereocenters. The van der Waals surface area contributed by atoms with Crippen molar-refractivity contribution in [1.29, 1.82) is 0 Å². The van der Waals surface area contributed by atoms with Crippen LogP contribution < -0.4 is 5.32 Å². The third-order valence-corrected chi connectivity index (χ3v) is 2.65. The van der Waals surface area contributed by atoms with E-state index in [0.717, 1.165) is 6.42 Å². The average Bonchev–Trinajstić information content (AvgIpc) is 2.65. The summed E-state index contributed by atoms with van der Waals surface area (Å²) >= 11 is 0. The van der Waals surface area contributed by atoms with Crippen molar-refractivity contribution in [3.8, 4) is 0 Å². The lowest BCUT2D eigenvalue weighted by molar-refractivity contribution is -0.128. The first-order chi connectivity index (χ1) is 7.87. The van der Waals surface area contributed by atoms with Gasteiger partial charge in [0.25, 0.3) is 0 Å². The van der Waals surface area contributed by atoms with Crippen LogP contribution in [-0.4, -0.2) is 29.4 Å². The molecular weight excluding hydrogens is 235 g/mol. The second kappa shape index (κ2) is 5.48. The zero-order valence-corrected chi connectivity index (χ0v) is 10.0. The molecule has 0 amide bonds. The minimum Gasteiger partial charge on any atom is -0.339 e. The molecule has 0 saturated carbocycles. The zero-order chi connectivity index (χ0) is 13.1. The van der Waals surface area contributed by atoms with Gasteiger partial charge in [-0.25, -0.2) is 0 Å². The van der Waals surface area contributed by atoms with Crippen molar-refractivity contribution >= 4 is 0 Å². The molecule has 0 aliphatic heterocycles. The maximum atomic E-state index is 12.1. The van der Waals surface area contributed by atoms with Crippen molar-refractivity contribution < 1.29 is 17.7 Å². The molecule has 1 aromatic rings. The topological polar surface area (TPSA) is 51.0 Å². The third kappa shape index (κ3) is 3.99. The third-order valence-electron chi connectivity index (χ3n) is 2.65. The first-order valence-corrected chi connectivity index (χ1v) is 5.43. The SMILES string of the molecule is CCC(NC)C(C)c1nc(CC(F)(F)F)no1. The van der Waals surface area contributed by atoms with Gasteiger partial charge in [-0.2, -0.15) is 18.2 Å². The van der Waals surface area contributed by atoms with E-state index in [1.807, 2.05) is 13.8 Å². The smallest absolute Gasteiger partial charge is 0.339 e. The van der Waals surface area contributed by atoms with E-state index >= 15 is 0 Å². The van der Waals surface area contributed by atoms with Gasteiger partial charge in [-0.05, 0) is 13.5 Å². The van der Waals surface area contributed by atoms with Crippen LogP contribution in [0.3, 0.4) is 0 Å². The molecule has 0 aliphatic carbocycles. The molecule has 4 nitrogen and oxygen atoms in total. The number of hydrogen-bond donors (Lipinski definition) is 1. The molecule has 0 saturated heterocycles. The Morgan fingerprint density at radius 3 is 2.53 bits per heavy atom. The quantitative estimate of drug-likeness (QED) is 0.872. The van der Waals surface area contributed by atoms with Gasteiger partial charge in [-0.3, -0.25) is 0 Å². The maximum absolute atomic E-state index is 12.1. The van der Waals surface area contributed by atoms with E-state index in [2.05, 4.69) is 15.5 Å². The summed E-state index contributed by atoms with van der Waals surface area (Å²) in [6, 6.07) is 0.106. The lowest BCUT2D eigenvalue weighted by atomic mass is 10.00. The second-order valence-electron chi connectivity index (χ2n) is 3.93. The van der Waals surface area contributed by atoms with Crippen molar-refractivity contribution in [2.45, 2.75) is 44.8 Å². The fourth-order valence-electron chi connectivity index (χ4n) is 1.68. The molecule has 0 bridgehead atoms. The molecule has 1 N–H and O–H groups in total. The summed E-state index contributed by atoms with van der Waals surface area (Å²) in [5.74, 6) is -0.185. The number of nitrogens with one attached hydrogen (secondary N) is 1. The summed E-state index contributed by atoms with van der Waals surface area (Å²) in [7, 11) is 1.79. The van der Waals surface area contributed by atoms with Crippen LogP contribution in [0.4, 0.5) is 13.2 Å². The molecule has 0 fully saturated rings. The Balaban J connectivity index is 2.73. The fourth-order valence-corrected chi connectivity index (χ4v) is 1.68. The Kier molecular flexibility index (Phi) is 4.50. The number of likely N-dealkylation sites (N-methyl/N-ethyl adjacent to an activating group) is 1. The Morgan fingerprint density at radius 2 is 2.06 bits per heavy atom. The largest absolute Gasteiger partial charge is 0.396 e. The van der Waals surface area contributed by atoms with Crippen molar-refractivity contribution in [2.24, 2.45) is 0 Å². The van der Waals surface area contributed by atoms with Gasteiger partial charge in [-0.1, -0.05) is 19.0 Å². The average molecular weight is 251 g/mol. The van der Waals surface area contributed by atoms with Crippen LogP contribution in [0.2, 0.25) is 0 Å². The van der Waals surface area contributed by atoms with Gasteiger partial charge in [0.05, 0.1) is 5.92 Å². The minimum absolute atomic E-state index is 0.106. The van der Waals surface area contributed by atoms with Gasteiger partial charge < -0.3 is 9.84 Å². The Hall–Kier alpha value is -1.11. The van der Waals surface area contributed by atoms with Crippen LogP contribution in [-0.2, 0) is 6.42 Å². The molecule has 0 spiro atoms. The molecule has 1 rings (SSSR count). The van der Waals surface area contributed by atoms with Crippen LogP contribution in [0, 0.1) is 0 Å². The summed E-state index contributed by atoms with van der Waals surface area (Å²) in [6.07, 6.45) is -4.63. The van der Waals surface area contributed by atoms with Gasteiger partial charge in [0, 0.05) is 6.04 Å². The Bertz CT molecular complexity index is 347. The molecule has 0 aromatic carbocycles. The van der Waals surface area contributed by atoms with E-state index < -0.39 is 12.6 Å². The standard InChI is InChI=1S/C10H16F3N3O/c1-4-7(14-3)6(2)9-15-8(16-17-9)5-10(11,12)13/h6-7,14H,4-5H2,1-3H3. The molecule has 1 heterocycles. The van der Waals surface area contributed by atoms with E-state index in [0.29, 0.717) is 0 Å². The fraction of sp³-hybridized carbons (Fsp3) is 0.800. The van der Waals surface area contributed by atoms with Gasteiger partial charge in [0.2, 0.25) is 5.89 Å². The molecule has 0 aliphatic rings. The highest BCUT2D eigenvalue weighted by atomic mass is 19.4. The van der Waals surface area contributed by atoms with E-state index in [-0.39, 0.29) is 23.7 Å². The molecule has 0 radical (unpaired) electrons. The van der Waals surface area contributed by atoms with E-state index in [1.165, 1.54) is 0 Å². The zero-order valence-electron chi connectivity index (χ0n) is 10.0. The number of aromatic nitrogens is 2. The van der Waals surface area contributed by atoms with Crippen molar-refractivity contribution in [3.05, 3.63) is 11.7 Å². The first kappa shape index (κ1) is 14.0. The van der Waals surface area contributed by atoms with E-state index in [4.69, 9.17) is 4.52 Å². The molecule has 17 heavy (non-hydrogen) atoms. The summed E-state index contributed by atoms with van der Waals surface area (Å²) in [4.78, 5) is 3.77. The first-order valence-electron chi connectivity index (χ1n) is 5.43. The summed E-state index contributed by atoms with van der Waals surface area (Å²) in [5, 5.41) is 6.40. The lowest BCUT2D eigenvalue weighted by Crippen LogP contribution is -2.30. The monoisotopic (exact) mass is 251 g/mol. The Morgan fingerprint density at radius 1 is 1.41 bits per heavy atom. The van der Waals surface area contributed by atoms with Crippen LogP contribution in [0.25, 0.3) is 0 Å². The molecule has 2 atom stereocenters. The number of nitrogens with zero attached hydrogens (tertiary/aromatic N) is 2. The predicted molar refractivity (Wildman–Crippen MR) is 55.6 cm³/mol. The highest BCUT2D eigenvalue weighted by Crippen LogP contribution is 2.23. The normalized spacial score (nSPS) is 15.9. The molecule has 1 aromatic heterocycles. The van der Waals surface area contributed by atoms with Gasteiger partial charge >= 0.3 is 6.18 Å². The lowest BCUT2D eigenvalue weighted by Gasteiger charge is -2.18. The van der Waals surface area contributed by atoms with Gasteiger partial charge in [0.15, 0.2) is 5.82 Å². The van der Waals surface area contributed by atoms with E-state index in [9.17, 15) is 13.2 Å². The van der Waals surface area contributed by atoms with Crippen LogP contribution in [0.1, 0.15) is 37.9 Å². The molecule has 98 valence electrons. The summed E-state index contributed by atoms with van der Waals surface area (Å²) < 4.78 is 41.2. The number of alkyl halides is 3. The summed E-state index contributed by atoms with van der Waals surface area (Å²) in [6.45, 7) is 3.82. The van der Waals surface area contributed by atoms with Gasteiger partial charge in [-0.15, -0.1) is 0 Å². The molecular formula is C10H16F3N3O. The molecule has 7 heteroatoms. The second-order valence-corrected chi connectivity index (χ2v) is 3.93.